The third-order valence-corrected chi connectivity index (χ3v) is 5.70. The van der Waals surface area contributed by atoms with E-state index in [1.165, 1.54) is 25.7 Å². The second kappa shape index (κ2) is 9.71. The molecule has 28 heavy (non-hydrogen) atoms. The number of hydrogen-bond acceptors (Lipinski definition) is 3. The van der Waals surface area contributed by atoms with E-state index in [2.05, 4.69) is 47.4 Å². The van der Waals surface area contributed by atoms with Crippen molar-refractivity contribution in [2.24, 2.45) is 16.8 Å². The quantitative estimate of drug-likeness (QED) is 0.588. The standard InChI is InChI=1S/C22H34N6/c1-5-23-22(27-20-9-7-19(8-10-20)16(2)3)26-15-18-6-11-21(25-14-18)28-13-12-24-17(28)4/h6,11-14,16,19-20H,5,7-10,15H2,1-4H3,(H2,23,26,27). The van der Waals surface area contributed by atoms with Crippen molar-refractivity contribution in [3.63, 3.8) is 0 Å². The van der Waals surface area contributed by atoms with Crippen LogP contribution in [-0.2, 0) is 6.54 Å². The minimum absolute atomic E-state index is 0.525. The van der Waals surface area contributed by atoms with Crippen LogP contribution >= 0.6 is 0 Å². The van der Waals surface area contributed by atoms with Gasteiger partial charge in [-0.2, -0.15) is 0 Å². The van der Waals surface area contributed by atoms with Crippen molar-refractivity contribution in [2.45, 2.75) is 66.0 Å². The molecule has 152 valence electrons. The van der Waals surface area contributed by atoms with Crippen LogP contribution in [0.4, 0.5) is 0 Å². The highest BCUT2D eigenvalue weighted by Gasteiger charge is 2.23. The molecule has 0 saturated heterocycles. The predicted octanol–water partition coefficient (Wildman–Crippen LogP) is 3.85. The summed E-state index contributed by atoms with van der Waals surface area (Å²) < 4.78 is 1.98. The number of imidazole rings is 1. The van der Waals surface area contributed by atoms with Gasteiger partial charge in [0.05, 0.1) is 6.54 Å². The van der Waals surface area contributed by atoms with Crippen LogP contribution in [0.1, 0.15) is 57.8 Å². The molecular weight excluding hydrogens is 348 g/mol. The largest absolute Gasteiger partial charge is 0.357 e. The van der Waals surface area contributed by atoms with E-state index < -0.39 is 0 Å². The molecule has 0 spiro atoms. The summed E-state index contributed by atoms with van der Waals surface area (Å²) in [6.07, 6.45) is 10.7. The molecule has 6 nitrogen and oxygen atoms in total. The van der Waals surface area contributed by atoms with Crippen LogP contribution in [0.2, 0.25) is 0 Å². The molecule has 3 rings (SSSR count). The Kier molecular flexibility index (Phi) is 7.06. The fourth-order valence-electron chi connectivity index (χ4n) is 3.89. The van der Waals surface area contributed by atoms with Crippen LogP contribution in [0.25, 0.3) is 5.82 Å². The van der Waals surface area contributed by atoms with E-state index in [1.54, 1.807) is 6.20 Å². The molecule has 6 heteroatoms. The molecular formula is C22H34N6. The minimum atomic E-state index is 0.525. The number of aryl methyl sites for hydroxylation is 1. The topological polar surface area (TPSA) is 67.1 Å². The van der Waals surface area contributed by atoms with Crippen LogP contribution in [0, 0.1) is 18.8 Å². The van der Waals surface area contributed by atoms with Gasteiger partial charge in [0.1, 0.15) is 11.6 Å². The number of nitrogens with zero attached hydrogens (tertiary/aromatic N) is 4. The fourth-order valence-corrected chi connectivity index (χ4v) is 3.89. The van der Waals surface area contributed by atoms with Gasteiger partial charge in [0.2, 0.25) is 0 Å². The number of hydrogen-bond donors (Lipinski definition) is 2. The number of pyridine rings is 1. The maximum Gasteiger partial charge on any atom is 0.191 e. The molecule has 0 aromatic carbocycles. The molecule has 0 unspecified atom stereocenters. The summed E-state index contributed by atoms with van der Waals surface area (Å²) in [6, 6.07) is 4.63. The normalized spacial score (nSPS) is 20.4. The summed E-state index contributed by atoms with van der Waals surface area (Å²) in [7, 11) is 0. The molecule has 0 radical (unpaired) electrons. The van der Waals surface area contributed by atoms with Crippen molar-refractivity contribution < 1.29 is 0 Å². The second-order valence-electron chi connectivity index (χ2n) is 8.06. The summed E-state index contributed by atoms with van der Waals surface area (Å²) in [5.74, 6) is 4.40. The lowest BCUT2D eigenvalue weighted by Gasteiger charge is -2.32. The Labute approximate surface area is 168 Å². The molecule has 0 amide bonds. The van der Waals surface area contributed by atoms with E-state index in [0.717, 1.165) is 41.5 Å². The number of nitrogens with one attached hydrogen (secondary N) is 2. The second-order valence-corrected chi connectivity index (χ2v) is 8.06. The summed E-state index contributed by atoms with van der Waals surface area (Å²) in [6.45, 7) is 10.3. The third-order valence-electron chi connectivity index (χ3n) is 5.70. The SMILES string of the molecule is CCNC(=NCc1ccc(-n2ccnc2C)nc1)NC1CCC(C(C)C)CC1. The van der Waals surface area contributed by atoms with Gasteiger partial charge < -0.3 is 10.6 Å². The Morgan fingerprint density at radius 1 is 1.21 bits per heavy atom. The lowest BCUT2D eigenvalue weighted by molar-refractivity contribution is 0.250. The molecule has 1 aliphatic carbocycles. The van der Waals surface area contributed by atoms with Crippen LogP contribution in [0.3, 0.4) is 0 Å². The average molecular weight is 383 g/mol. The molecule has 2 N–H and O–H groups in total. The monoisotopic (exact) mass is 382 g/mol. The van der Waals surface area contributed by atoms with Crippen molar-refractivity contribution in [2.75, 3.05) is 6.54 Å². The van der Waals surface area contributed by atoms with Crippen LogP contribution < -0.4 is 10.6 Å². The molecule has 0 bridgehead atoms. The molecule has 2 heterocycles. The van der Waals surface area contributed by atoms with Gasteiger partial charge in [0.25, 0.3) is 0 Å². The maximum absolute atomic E-state index is 4.78. The first kappa shape index (κ1) is 20.4. The summed E-state index contributed by atoms with van der Waals surface area (Å²) in [4.78, 5) is 13.6. The summed E-state index contributed by atoms with van der Waals surface area (Å²) >= 11 is 0. The van der Waals surface area contributed by atoms with Gasteiger partial charge in [-0.1, -0.05) is 19.9 Å². The van der Waals surface area contributed by atoms with Gasteiger partial charge in [0.15, 0.2) is 5.96 Å². The number of rotatable bonds is 6. The highest BCUT2D eigenvalue weighted by Crippen LogP contribution is 2.29. The average Bonchev–Trinajstić information content (AvgIpc) is 3.13. The lowest BCUT2D eigenvalue weighted by Crippen LogP contribution is -2.45. The van der Waals surface area contributed by atoms with E-state index >= 15 is 0 Å². The van der Waals surface area contributed by atoms with Crippen LogP contribution in [-0.4, -0.2) is 33.1 Å². The lowest BCUT2D eigenvalue weighted by atomic mass is 9.80. The molecule has 0 atom stereocenters. The first-order valence-electron chi connectivity index (χ1n) is 10.6. The van der Waals surface area contributed by atoms with Crippen LogP contribution in [0.5, 0.6) is 0 Å². The van der Waals surface area contributed by atoms with E-state index in [-0.39, 0.29) is 0 Å². The zero-order chi connectivity index (χ0) is 19.9. The van der Waals surface area contributed by atoms with Crippen molar-refractivity contribution in [3.8, 4) is 5.82 Å². The van der Waals surface area contributed by atoms with Gasteiger partial charge >= 0.3 is 0 Å². The van der Waals surface area contributed by atoms with E-state index in [9.17, 15) is 0 Å². The van der Waals surface area contributed by atoms with Gasteiger partial charge in [-0.15, -0.1) is 0 Å². The Hall–Kier alpha value is -2.37. The van der Waals surface area contributed by atoms with Crippen molar-refractivity contribution >= 4 is 5.96 Å². The number of guanidine groups is 1. The first-order chi connectivity index (χ1) is 13.6. The van der Waals surface area contributed by atoms with E-state index in [1.807, 2.05) is 30.0 Å². The zero-order valence-electron chi connectivity index (χ0n) is 17.7. The van der Waals surface area contributed by atoms with Gasteiger partial charge in [-0.25, -0.2) is 15.0 Å². The predicted molar refractivity (Wildman–Crippen MR) is 115 cm³/mol. The number of aromatic nitrogens is 3. The maximum atomic E-state index is 4.78. The minimum Gasteiger partial charge on any atom is -0.357 e. The van der Waals surface area contributed by atoms with Crippen molar-refractivity contribution in [1.29, 1.82) is 0 Å². The van der Waals surface area contributed by atoms with Gasteiger partial charge in [-0.05, 0) is 63.0 Å². The highest BCUT2D eigenvalue weighted by atomic mass is 15.2. The van der Waals surface area contributed by atoms with Crippen molar-refractivity contribution in [3.05, 3.63) is 42.1 Å². The Balaban J connectivity index is 1.58. The zero-order valence-corrected chi connectivity index (χ0v) is 17.7. The first-order valence-corrected chi connectivity index (χ1v) is 10.6. The molecule has 2 aromatic rings. The van der Waals surface area contributed by atoms with E-state index in [0.29, 0.717) is 12.6 Å². The molecule has 1 saturated carbocycles. The van der Waals surface area contributed by atoms with E-state index in [4.69, 9.17) is 4.99 Å². The Bertz CT molecular complexity index is 754. The van der Waals surface area contributed by atoms with Gasteiger partial charge in [0, 0.05) is 31.2 Å². The molecule has 1 aliphatic rings. The van der Waals surface area contributed by atoms with Crippen molar-refractivity contribution in [1.82, 2.24) is 25.2 Å². The highest BCUT2D eigenvalue weighted by molar-refractivity contribution is 5.80. The number of aliphatic imine (C=N–C) groups is 1. The fraction of sp³-hybridized carbons (Fsp3) is 0.591. The Morgan fingerprint density at radius 2 is 2.00 bits per heavy atom. The smallest absolute Gasteiger partial charge is 0.191 e. The van der Waals surface area contributed by atoms with Gasteiger partial charge in [-0.3, -0.25) is 4.57 Å². The molecule has 1 fully saturated rings. The summed E-state index contributed by atoms with van der Waals surface area (Å²) in [5.41, 5.74) is 1.10. The Morgan fingerprint density at radius 3 is 2.57 bits per heavy atom. The third kappa shape index (κ3) is 5.33. The molecule has 2 aromatic heterocycles. The summed E-state index contributed by atoms with van der Waals surface area (Å²) in [5, 5.41) is 7.02. The molecule has 0 aliphatic heterocycles. The van der Waals surface area contributed by atoms with Crippen LogP contribution in [0.15, 0.2) is 35.7 Å².